The van der Waals surface area contributed by atoms with Gasteiger partial charge in [0.25, 0.3) is 0 Å². The van der Waals surface area contributed by atoms with Crippen LogP contribution in [0.1, 0.15) is 69.1 Å². The first-order chi connectivity index (χ1) is 10.0. The van der Waals surface area contributed by atoms with E-state index >= 15 is 0 Å². The molecule has 1 aliphatic carbocycles. The zero-order valence-corrected chi connectivity index (χ0v) is 14.8. The Morgan fingerprint density at radius 3 is 2.36 bits per heavy atom. The maximum absolute atomic E-state index is 12.5. The minimum absolute atomic E-state index is 0.397. The van der Waals surface area contributed by atoms with Crippen molar-refractivity contribution in [2.45, 2.75) is 71.2 Å². The maximum atomic E-state index is 12.5. The molecule has 124 valence electrons. The molecule has 1 aromatic rings. The second kappa shape index (κ2) is 5.72. The Morgan fingerprint density at radius 2 is 1.82 bits per heavy atom. The molecule has 0 aliphatic heterocycles. The first-order valence-corrected chi connectivity index (χ1v) is 9.25. The van der Waals surface area contributed by atoms with Crippen LogP contribution in [0.4, 0.5) is 0 Å². The average Bonchev–Trinajstić information content (AvgIpc) is 2.76. The summed E-state index contributed by atoms with van der Waals surface area (Å²) in [5.41, 5.74) is 1.39. The van der Waals surface area contributed by atoms with E-state index in [4.69, 9.17) is 4.74 Å². The van der Waals surface area contributed by atoms with Crippen molar-refractivity contribution in [2.24, 2.45) is 0 Å². The molecule has 0 saturated heterocycles. The van der Waals surface area contributed by atoms with Crippen molar-refractivity contribution in [2.75, 3.05) is 0 Å². The highest BCUT2D eigenvalue weighted by molar-refractivity contribution is 7.90. The monoisotopic (exact) mass is 327 g/mol. The topological polar surface area (TPSA) is 65.4 Å². The third kappa shape index (κ3) is 3.21. The number of rotatable bonds is 3. The van der Waals surface area contributed by atoms with Gasteiger partial charge in [-0.15, -0.1) is 0 Å². The van der Waals surface area contributed by atoms with Gasteiger partial charge in [0.1, 0.15) is 5.60 Å². The smallest absolute Gasteiger partial charge is 0.340 e. The highest BCUT2D eigenvalue weighted by Gasteiger charge is 2.31. The number of ether oxygens (including phenoxy) is 1. The van der Waals surface area contributed by atoms with Gasteiger partial charge in [-0.25, -0.2) is 17.2 Å². The number of nitrogens with zero attached hydrogens (tertiary/aromatic N) is 1. The molecular formula is C16H25NO4S. The molecule has 0 N–H and O–H groups in total. The normalized spacial score (nSPS) is 15.7. The summed E-state index contributed by atoms with van der Waals surface area (Å²) in [4.78, 5) is 12.4. The summed E-state index contributed by atoms with van der Waals surface area (Å²) >= 11 is 0. The minimum atomic E-state index is -3.47. The molecule has 1 aromatic heterocycles. The van der Waals surface area contributed by atoms with Crippen LogP contribution in [0.3, 0.4) is 0 Å². The van der Waals surface area contributed by atoms with Crippen LogP contribution in [0, 0.1) is 0 Å². The lowest BCUT2D eigenvalue weighted by atomic mass is 9.95. The Labute approximate surface area is 132 Å². The summed E-state index contributed by atoms with van der Waals surface area (Å²) in [7, 11) is -3.47. The lowest BCUT2D eigenvalue weighted by Crippen LogP contribution is -2.24. The number of esters is 1. The summed E-state index contributed by atoms with van der Waals surface area (Å²) in [6, 6.07) is 0. The first-order valence-electron chi connectivity index (χ1n) is 7.75. The molecule has 0 radical (unpaired) electrons. The van der Waals surface area contributed by atoms with Gasteiger partial charge in [0.15, 0.2) is 0 Å². The molecule has 0 unspecified atom stereocenters. The molecule has 0 atom stereocenters. The van der Waals surface area contributed by atoms with Gasteiger partial charge in [0, 0.05) is 11.9 Å². The van der Waals surface area contributed by atoms with Crippen molar-refractivity contribution in [1.82, 2.24) is 3.97 Å². The zero-order valence-electron chi connectivity index (χ0n) is 14.0. The molecule has 2 rings (SSSR count). The van der Waals surface area contributed by atoms with E-state index in [-0.39, 0.29) is 0 Å². The number of hydrogen-bond acceptors (Lipinski definition) is 4. The highest BCUT2D eigenvalue weighted by Crippen LogP contribution is 2.30. The molecule has 5 nitrogen and oxygen atoms in total. The Balaban J connectivity index is 2.54. The Bertz CT molecular complexity index is 678. The van der Waals surface area contributed by atoms with Gasteiger partial charge >= 0.3 is 5.97 Å². The molecule has 0 saturated carbocycles. The second-order valence-corrected chi connectivity index (χ2v) is 9.43. The molecule has 6 heteroatoms. The summed E-state index contributed by atoms with van der Waals surface area (Å²) in [6.07, 6.45) is 4.78. The minimum Gasteiger partial charge on any atom is -0.456 e. The van der Waals surface area contributed by atoms with Crippen LogP contribution >= 0.6 is 0 Å². The third-order valence-corrected chi connectivity index (χ3v) is 5.83. The van der Waals surface area contributed by atoms with E-state index in [9.17, 15) is 13.2 Å². The van der Waals surface area contributed by atoms with Crippen molar-refractivity contribution >= 4 is 16.0 Å². The lowest BCUT2D eigenvalue weighted by molar-refractivity contribution is 0.00684. The predicted molar refractivity (Wildman–Crippen MR) is 85.7 cm³/mol. The fourth-order valence-corrected chi connectivity index (χ4v) is 3.87. The number of carbonyl (C=O) groups is 1. The van der Waals surface area contributed by atoms with Crippen LogP contribution in [0.2, 0.25) is 0 Å². The fraction of sp³-hybridized carbons (Fsp3) is 0.688. The van der Waals surface area contributed by atoms with Crippen LogP contribution in [-0.4, -0.2) is 29.2 Å². The van der Waals surface area contributed by atoms with Crippen molar-refractivity contribution in [3.8, 4) is 0 Å². The number of aromatic nitrogens is 1. The first kappa shape index (κ1) is 17.1. The van der Waals surface area contributed by atoms with Gasteiger partial charge in [-0.1, -0.05) is 0 Å². The quantitative estimate of drug-likeness (QED) is 0.801. The molecule has 0 aromatic carbocycles. The summed E-state index contributed by atoms with van der Waals surface area (Å²) in [6.45, 7) is 8.72. The van der Waals surface area contributed by atoms with Gasteiger partial charge in [-0.05, 0) is 65.9 Å². The Hall–Kier alpha value is -1.30. The van der Waals surface area contributed by atoms with Crippen molar-refractivity contribution in [1.29, 1.82) is 0 Å². The molecule has 0 amide bonds. The van der Waals surface area contributed by atoms with E-state index in [0.717, 1.165) is 30.5 Å². The van der Waals surface area contributed by atoms with E-state index in [1.165, 1.54) is 10.2 Å². The van der Waals surface area contributed by atoms with Crippen molar-refractivity contribution in [3.63, 3.8) is 0 Å². The summed E-state index contributed by atoms with van der Waals surface area (Å²) < 4.78 is 31.8. The average molecular weight is 327 g/mol. The van der Waals surface area contributed by atoms with Gasteiger partial charge in [-0.2, -0.15) is 0 Å². The molecule has 1 aliphatic rings. The zero-order chi connectivity index (χ0) is 16.7. The van der Waals surface area contributed by atoms with Crippen molar-refractivity contribution < 1.29 is 17.9 Å². The number of hydrogen-bond donors (Lipinski definition) is 0. The van der Waals surface area contributed by atoms with E-state index in [1.807, 2.05) is 0 Å². The molecule has 0 bridgehead atoms. The van der Waals surface area contributed by atoms with Crippen LogP contribution in [-0.2, 0) is 27.6 Å². The predicted octanol–water partition coefficient (Wildman–Crippen LogP) is 2.91. The van der Waals surface area contributed by atoms with Gasteiger partial charge in [0.05, 0.1) is 10.8 Å². The summed E-state index contributed by atoms with van der Waals surface area (Å²) in [5, 5.41) is -0.530. The largest absolute Gasteiger partial charge is 0.456 e. The highest BCUT2D eigenvalue weighted by atomic mass is 32.2. The maximum Gasteiger partial charge on any atom is 0.340 e. The third-order valence-electron chi connectivity index (χ3n) is 3.76. The molecular weight excluding hydrogens is 302 g/mol. The second-order valence-electron chi connectivity index (χ2n) is 7.07. The van der Waals surface area contributed by atoms with Crippen LogP contribution in [0.15, 0.2) is 6.20 Å². The fourth-order valence-electron chi connectivity index (χ4n) is 2.66. The van der Waals surface area contributed by atoms with Gasteiger partial charge in [0.2, 0.25) is 10.0 Å². The van der Waals surface area contributed by atoms with Gasteiger partial charge in [-0.3, -0.25) is 0 Å². The standard InChI is InChI=1S/C16H25NO4S/c1-11(2)22(19,20)17-10-13(15(18)21-16(3,4)5)12-8-6-7-9-14(12)17/h10-11H,6-9H2,1-5H3. The molecule has 0 fully saturated rings. The van der Waals surface area contributed by atoms with E-state index < -0.39 is 26.8 Å². The Kier molecular flexibility index (Phi) is 4.44. The SMILES string of the molecule is CC(C)S(=O)(=O)n1cc(C(=O)OC(C)(C)C)c2c1CCCC2. The number of carbonyl (C=O) groups excluding carboxylic acids is 1. The van der Waals surface area contributed by atoms with Crippen LogP contribution in [0.5, 0.6) is 0 Å². The Morgan fingerprint density at radius 1 is 1.23 bits per heavy atom. The molecule has 22 heavy (non-hydrogen) atoms. The number of fused-ring (bicyclic) bond motifs is 1. The van der Waals surface area contributed by atoms with Gasteiger partial charge < -0.3 is 4.74 Å². The lowest BCUT2D eigenvalue weighted by Gasteiger charge is -2.20. The van der Waals surface area contributed by atoms with Crippen molar-refractivity contribution in [3.05, 3.63) is 23.0 Å². The molecule has 1 heterocycles. The van der Waals surface area contributed by atoms with E-state index in [1.54, 1.807) is 34.6 Å². The van der Waals surface area contributed by atoms with E-state index in [2.05, 4.69) is 0 Å². The van der Waals surface area contributed by atoms with E-state index in [0.29, 0.717) is 12.0 Å². The molecule has 0 spiro atoms. The van der Waals surface area contributed by atoms with Crippen LogP contribution < -0.4 is 0 Å². The summed E-state index contributed by atoms with van der Waals surface area (Å²) in [5.74, 6) is -0.441. The van der Waals surface area contributed by atoms with Crippen LogP contribution in [0.25, 0.3) is 0 Å².